The Morgan fingerprint density at radius 2 is 2.40 bits per heavy atom. The van der Waals surface area contributed by atoms with Crippen molar-refractivity contribution < 1.29 is 9.53 Å². The van der Waals surface area contributed by atoms with Crippen LogP contribution in [0.4, 0.5) is 0 Å². The van der Waals surface area contributed by atoms with Crippen molar-refractivity contribution in [3.8, 4) is 0 Å². The highest BCUT2D eigenvalue weighted by Crippen LogP contribution is 2.10. The van der Waals surface area contributed by atoms with Crippen molar-refractivity contribution in [3.63, 3.8) is 0 Å². The third-order valence-electron chi connectivity index (χ3n) is 2.06. The summed E-state index contributed by atoms with van der Waals surface area (Å²) in [4.78, 5) is 15.1. The van der Waals surface area contributed by atoms with Crippen LogP contribution in [0.1, 0.15) is 12.1 Å². The van der Waals surface area contributed by atoms with Gasteiger partial charge in [0.1, 0.15) is 6.10 Å². The van der Waals surface area contributed by atoms with Gasteiger partial charge >= 0.3 is 5.97 Å². The van der Waals surface area contributed by atoms with Gasteiger partial charge in [0.25, 0.3) is 0 Å². The van der Waals surface area contributed by atoms with E-state index in [-0.39, 0.29) is 12.1 Å². The fourth-order valence-corrected chi connectivity index (χ4v) is 1.33. The van der Waals surface area contributed by atoms with E-state index in [1.165, 1.54) is 6.08 Å². The summed E-state index contributed by atoms with van der Waals surface area (Å²) in [5.41, 5.74) is 0.864. The van der Waals surface area contributed by atoms with E-state index in [1.807, 2.05) is 36.4 Å². The van der Waals surface area contributed by atoms with E-state index < -0.39 is 0 Å². The van der Waals surface area contributed by atoms with Gasteiger partial charge in [0.2, 0.25) is 0 Å². The Labute approximate surface area is 88.1 Å². The predicted octanol–water partition coefficient (Wildman–Crippen LogP) is 1.97. The molecule has 0 bridgehead atoms. The third-order valence-corrected chi connectivity index (χ3v) is 2.06. The van der Waals surface area contributed by atoms with Crippen LogP contribution in [0.5, 0.6) is 0 Å². The average molecular weight is 201 g/mol. The summed E-state index contributed by atoms with van der Waals surface area (Å²) < 4.78 is 5.07. The van der Waals surface area contributed by atoms with E-state index in [2.05, 4.69) is 4.98 Å². The van der Waals surface area contributed by atoms with Crippen molar-refractivity contribution in [2.24, 2.45) is 0 Å². The molecule has 1 aliphatic rings. The number of nitrogens with zero attached hydrogens (tertiary/aromatic N) is 1. The van der Waals surface area contributed by atoms with Crippen LogP contribution in [0.3, 0.4) is 0 Å². The molecular weight excluding hydrogens is 190 g/mol. The molecule has 15 heavy (non-hydrogen) atoms. The smallest absolute Gasteiger partial charge is 0.331 e. The third kappa shape index (κ3) is 2.77. The Morgan fingerprint density at radius 3 is 3.13 bits per heavy atom. The number of hydrogen-bond acceptors (Lipinski definition) is 3. The molecule has 1 aromatic rings. The molecule has 0 amide bonds. The zero-order valence-corrected chi connectivity index (χ0v) is 8.17. The van der Waals surface area contributed by atoms with Gasteiger partial charge in [-0.3, -0.25) is 4.98 Å². The van der Waals surface area contributed by atoms with Crippen LogP contribution in [0, 0.1) is 0 Å². The molecule has 2 heterocycles. The monoisotopic (exact) mass is 201 g/mol. The first-order valence-corrected chi connectivity index (χ1v) is 4.81. The van der Waals surface area contributed by atoms with E-state index in [9.17, 15) is 4.79 Å². The van der Waals surface area contributed by atoms with E-state index in [1.54, 1.807) is 6.20 Å². The minimum atomic E-state index is -0.281. The summed E-state index contributed by atoms with van der Waals surface area (Å²) in [6.07, 6.45) is 9.27. The summed E-state index contributed by atoms with van der Waals surface area (Å²) in [5, 5.41) is 0. The van der Waals surface area contributed by atoms with E-state index >= 15 is 0 Å². The average Bonchev–Trinajstić information content (AvgIpc) is 2.28. The molecule has 0 radical (unpaired) electrons. The maximum Gasteiger partial charge on any atom is 0.331 e. The molecule has 0 saturated carbocycles. The minimum Gasteiger partial charge on any atom is -0.455 e. The fraction of sp³-hybridized carbons (Fsp3) is 0.167. The quantitative estimate of drug-likeness (QED) is 0.687. The van der Waals surface area contributed by atoms with Crippen LogP contribution in [0.15, 0.2) is 42.6 Å². The Hall–Kier alpha value is -1.90. The lowest BCUT2D eigenvalue weighted by molar-refractivity contribution is -0.141. The highest BCUT2D eigenvalue weighted by Gasteiger charge is 2.11. The number of cyclic esters (lactones) is 1. The number of rotatable bonds is 2. The van der Waals surface area contributed by atoms with Gasteiger partial charge in [0.15, 0.2) is 0 Å². The number of pyridine rings is 1. The molecule has 1 aliphatic heterocycles. The van der Waals surface area contributed by atoms with Crippen molar-refractivity contribution >= 4 is 12.0 Å². The second kappa shape index (κ2) is 4.55. The standard InChI is InChI=1S/C12H11NO2/c14-12-6-3-5-11(15-12)8-7-10-4-1-2-9-13-10/h1-4,6-9,11H,5H2/b8-7-/t11-/m0/s1. The molecule has 0 unspecified atom stereocenters. The summed E-state index contributed by atoms with van der Waals surface area (Å²) >= 11 is 0. The maximum absolute atomic E-state index is 10.9. The van der Waals surface area contributed by atoms with Crippen molar-refractivity contribution in [1.29, 1.82) is 0 Å². The molecule has 3 nitrogen and oxygen atoms in total. The van der Waals surface area contributed by atoms with Gasteiger partial charge in [-0.1, -0.05) is 12.1 Å². The molecule has 1 atom stereocenters. The number of aromatic nitrogens is 1. The molecule has 0 fully saturated rings. The maximum atomic E-state index is 10.9. The first-order valence-electron chi connectivity index (χ1n) is 4.81. The van der Waals surface area contributed by atoms with Gasteiger partial charge in [-0.15, -0.1) is 0 Å². The second-order valence-electron chi connectivity index (χ2n) is 3.23. The Balaban J connectivity index is 2.00. The lowest BCUT2D eigenvalue weighted by atomic mass is 10.2. The van der Waals surface area contributed by atoms with Gasteiger partial charge in [-0.05, 0) is 24.3 Å². The summed E-state index contributed by atoms with van der Waals surface area (Å²) in [6, 6.07) is 5.68. The normalized spacial score (nSPS) is 20.5. The van der Waals surface area contributed by atoms with Gasteiger partial charge in [0.05, 0.1) is 5.69 Å². The number of esters is 1. The summed E-state index contributed by atoms with van der Waals surface area (Å²) in [5.74, 6) is -0.281. The lowest BCUT2D eigenvalue weighted by Gasteiger charge is -2.14. The van der Waals surface area contributed by atoms with Gasteiger partial charge in [-0.25, -0.2) is 4.79 Å². The second-order valence-corrected chi connectivity index (χ2v) is 3.23. The highest BCUT2D eigenvalue weighted by atomic mass is 16.5. The predicted molar refractivity (Wildman–Crippen MR) is 56.9 cm³/mol. The summed E-state index contributed by atoms with van der Waals surface area (Å²) in [7, 11) is 0. The van der Waals surface area contributed by atoms with Crippen molar-refractivity contribution in [3.05, 3.63) is 48.3 Å². The van der Waals surface area contributed by atoms with Gasteiger partial charge in [0, 0.05) is 18.7 Å². The molecule has 2 rings (SSSR count). The molecule has 76 valence electrons. The fourth-order valence-electron chi connectivity index (χ4n) is 1.33. The van der Waals surface area contributed by atoms with Crippen LogP contribution < -0.4 is 0 Å². The van der Waals surface area contributed by atoms with Crippen molar-refractivity contribution in [1.82, 2.24) is 4.98 Å². The largest absolute Gasteiger partial charge is 0.455 e. The SMILES string of the molecule is O=C1C=CC[C@@H](/C=C\c2ccccn2)O1. The minimum absolute atomic E-state index is 0.162. The molecule has 0 spiro atoms. The molecule has 0 aliphatic carbocycles. The lowest BCUT2D eigenvalue weighted by Crippen LogP contribution is -2.17. The van der Waals surface area contributed by atoms with Crippen LogP contribution in [0.2, 0.25) is 0 Å². The van der Waals surface area contributed by atoms with Crippen LogP contribution >= 0.6 is 0 Å². The Kier molecular flexibility index (Phi) is 2.93. The van der Waals surface area contributed by atoms with E-state index in [0.717, 1.165) is 12.1 Å². The molecule has 0 saturated heterocycles. The number of carbonyl (C=O) groups is 1. The van der Waals surface area contributed by atoms with E-state index in [0.29, 0.717) is 0 Å². The zero-order valence-electron chi connectivity index (χ0n) is 8.17. The van der Waals surface area contributed by atoms with Crippen molar-refractivity contribution in [2.45, 2.75) is 12.5 Å². The van der Waals surface area contributed by atoms with Gasteiger partial charge in [-0.2, -0.15) is 0 Å². The van der Waals surface area contributed by atoms with Crippen LogP contribution in [-0.2, 0) is 9.53 Å². The van der Waals surface area contributed by atoms with Crippen LogP contribution in [-0.4, -0.2) is 17.1 Å². The molecular formula is C12H11NO2. The number of ether oxygens (including phenoxy) is 1. The molecule has 3 heteroatoms. The molecule has 0 N–H and O–H groups in total. The Bertz CT molecular complexity index is 395. The topological polar surface area (TPSA) is 39.2 Å². The van der Waals surface area contributed by atoms with Gasteiger partial charge < -0.3 is 4.74 Å². The van der Waals surface area contributed by atoms with E-state index in [4.69, 9.17) is 4.74 Å². The first kappa shape index (κ1) is 9.65. The Morgan fingerprint density at radius 1 is 1.47 bits per heavy atom. The zero-order chi connectivity index (χ0) is 10.5. The molecule has 0 aromatic carbocycles. The summed E-state index contributed by atoms with van der Waals surface area (Å²) in [6.45, 7) is 0. The first-order chi connectivity index (χ1) is 7.34. The van der Waals surface area contributed by atoms with Crippen LogP contribution in [0.25, 0.3) is 6.08 Å². The number of hydrogen-bond donors (Lipinski definition) is 0. The molecule has 1 aromatic heterocycles. The highest BCUT2D eigenvalue weighted by molar-refractivity contribution is 5.83. The number of carbonyl (C=O) groups excluding carboxylic acids is 1. The van der Waals surface area contributed by atoms with Crippen molar-refractivity contribution in [2.75, 3.05) is 0 Å².